The molecule has 2 nitrogen and oxygen atoms in total. The van der Waals surface area contributed by atoms with Crippen LogP contribution in [0.3, 0.4) is 0 Å². The van der Waals surface area contributed by atoms with Crippen LogP contribution in [0, 0.1) is 5.92 Å². The molecule has 0 aromatic rings. The molecule has 0 bridgehead atoms. The quantitative estimate of drug-likeness (QED) is 0.604. The van der Waals surface area contributed by atoms with E-state index in [4.69, 9.17) is 0 Å². The number of hydrogen-bond acceptors (Lipinski definition) is 2. The first kappa shape index (κ1) is 8.42. The lowest BCUT2D eigenvalue weighted by Gasteiger charge is -2.29. The SMILES string of the molecule is CC(C)C1=CN2C=CC=CC2N1C. The lowest BCUT2D eigenvalue weighted by Crippen LogP contribution is -2.34. The molecule has 0 amide bonds. The molecule has 0 aromatic heterocycles. The first-order valence-corrected chi connectivity index (χ1v) is 4.77. The number of allylic oxidation sites excluding steroid dienone is 3. The number of likely N-dealkylation sites (N-methyl/N-ethyl adjacent to an activating group) is 1. The molecule has 0 aliphatic carbocycles. The van der Waals surface area contributed by atoms with Crippen molar-refractivity contribution in [3.8, 4) is 0 Å². The Bertz CT molecular complexity index is 286. The highest BCUT2D eigenvalue weighted by Crippen LogP contribution is 2.28. The van der Waals surface area contributed by atoms with Gasteiger partial charge in [0.1, 0.15) is 6.17 Å². The van der Waals surface area contributed by atoms with Gasteiger partial charge in [0.2, 0.25) is 0 Å². The number of hydrogen-bond donors (Lipinski definition) is 0. The van der Waals surface area contributed by atoms with Gasteiger partial charge in [-0.1, -0.05) is 19.9 Å². The molecule has 1 unspecified atom stereocenters. The monoisotopic (exact) mass is 176 g/mol. The molecule has 2 rings (SSSR count). The molecular formula is C11H16N2. The summed E-state index contributed by atoms with van der Waals surface area (Å²) in [6, 6.07) is 0. The van der Waals surface area contributed by atoms with Crippen molar-refractivity contribution in [2.75, 3.05) is 7.05 Å². The van der Waals surface area contributed by atoms with Gasteiger partial charge in [0.25, 0.3) is 0 Å². The molecular weight excluding hydrogens is 160 g/mol. The van der Waals surface area contributed by atoms with Crippen LogP contribution in [0.5, 0.6) is 0 Å². The molecule has 0 spiro atoms. The van der Waals surface area contributed by atoms with Crippen molar-refractivity contribution in [2.24, 2.45) is 5.92 Å². The average molecular weight is 176 g/mol. The maximum absolute atomic E-state index is 2.32. The fraction of sp³-hybridized carbons (Fsp3) is 0.455. The Morgan fingerprint density at radius 3 is 2.69 bits per heavy atom. The van der Waals surface area contributed by atoms with E-state index in [0.29, 0.717) is 12.1 Å². The summed E-state index contributed by atoms with van der Waals surface area (Å²) in [4.78, 5) is 4.57. The number of fused-ring (bicyclic) bond motifs is 1. The average Bonchev–Trinajstić information content (AvgIpc) is 2.45. The Morgan fingerprint density at radius 2 is 2.08 bits per heavy atom. The topological polar surface area (TPSA) is 6.48 Å². The minimum atomic E-state index is 0.405. The Hall–Kier alpha value is -1.18. The van der Waals surface area contributed by atoms with Gasteiger partial charge in [-0.05, 0) is 18.1 Å². The van der Waals surface area contributed by atoms with Crippen molar-refractivity contribution in [1.29, 1.82) is 0 Å². The highest BCUT2D eigenvalue weighted by atomic mass is 15.4. The molecule has 70 valence electrons. The van der Waals surface area contributed by atoms with E-state index in [2.05, 4.69) is 61.3 Å². The maximum Gasteiger partial charge on any atom is 0.124 e. The fourth-order valence-electron chi connectivity index (χ4n) is 1.90. The van der Waals surface area contributed by atoms with Crippen LogP contribution in [0.1, 0.15) is 13.8 Å². The highest BCUT2D eigenvalue weighted by Gasteiger charge is 2.27. The summed E-state index contributed by atoms with van der Waals surface area (Å²) in [5.41, 5.74) is 1.40. The summed E-state index contributed by atoms with van der Waals surface area (Å²) in [5.74, 6) is 0.595. The summed E-state index contributed by atoms with van der Waals surface area (Å²) in [5, 5.41) is 0. The van der Waals surface area contributed by atoms with Crippen LogP contribution in [-0.2, 0) is 0 Å². The van der Waals surface area contributed by atoms with Gasteiger partial charge in [-0.15, -0.1) is 0 Å². The molecule has 2 heteroatoms. The summed E-state index contributed by atoms with van der Waals surface area (Å²) in [6.45, 7) is 4.46. The van der Waals surface area contributed by atoms with Crippen molar-refractivity contribution in [2.45, 2.75) is 20.0 Å². The Kier molecular flexibility index (Phi) is 1.91. The summed E-state index contributed by atoms with van der Waals surface area (Å²) in [7, 11) is 2.15. The first-order valence-electron chi connectivity index (χ1n) is 4.77. The second-order valence-corrected chi connectivity index (χ2v) is 3.91. The van der Waals surface area contributed by atoms with Crippen molar-refractivity contribution in [1.82, 2.24) is 9.80 Å². The standard InChI is InChI=1S/C11H16N2/c1-9(2)10-8-13-7-5-4-6-11(13)12(10)3/h4-9,11H,1-3H3. The Morgan fingerprint density at radius 1 is 1.31 bits per heavy atom. The Labute approximate surface area is 79.8 Å². The van der Waals surface area contributed by atoms with Gasteiger partial charge in [-0.25, -0.2) is 0 Å². The van der Waals surface area contributed by atoms with Crippen molar-refractivity contribution in [3.05, 3.63) is 36.3 Å². The largest absolute Gasteiger partial charge is 0.353 e. The molecule has 0 fully saturated rings. The third-order valence-corrected chi connectivity index (χ3v) is 2.63. The molecule has 2 aliphatic rings. The molecule has 2 aliphatic heterocycles. The van der Waals surface area contributed by atoms with Crippen LogP contribution < -0.4 is 0 Å². The minimum Gasteiger partial charge on any atom is -0.353 e. The summed E-state index contributed by atoms with van der Waals surface area (Å²) in [6.07, 6.45) is 11.2. The lowest BCUT2D eigenvalue weighted by molar-refractivity contribution is 0.252. The van der Waals surface area contributed by atoms with E-state index in [1.807, 2.05) is 0 Å². The van der Waals surface area contributed by atoms with Crippen LogP contribution >= 0.6 is 0 Å². The molecule has 0 aromatic carbocycles. The first-order chi connectivity index (χ1) is 6.20. The second-order valence-electron chi connectivity index (χ2n) is 3.91. The smallest absolute Gasteiger partial charge is 0.124 e. The molecule has 0 saturated heterocycles. The predicted molar refractivity (Wildman–Crippen MR) is 54.6 cm³/mol. The van der Waals surface area contributed by atoms with Gasteiger partial charge in [0.05, 0.1) is 0 Å². The zero-order valence-corrected chi connectivity index (χ0v) is 8.44. The van der Waals surface area contributed by atoms with Gasteiger partial charge in [-0.3, -0.25) is 0 Å². The second kappa shape index (κ2) is 2.95. The zero-order chi connectivity index (χ0) is 9.42. The summed E-state index contributed by atoms with van der Waals surface area (Å²) >= 11 is 0. The fourth-order valence-corrected chi connectivity index (χ4v) is 1.90. The summed E-state index contributed by atoms with van der Waals surface area (Å²) < 4.78 is 0. The zero-order valence-electron chi connectivity index (χ0n) is 8.44. The number of rotatable bonds is 1. The van der Waals surface area contributed by atoms with Gasteiger partial charge >= 0.3 is 0 Å². The van der Waals surface area contributed by atoms with E-state index in [-0.39, 0.29) is 0 Å². The maximum atomic E-state index is 2.32. The molecule has 0 N–H and O–H groups in total. The van der Waals surface area contributed by atoms with E-state index >= 15 is 0 Å². The van der Waals surface area contributed by atoms with Crippen LogP contribution in [0.4, 0.5) is 0 Å². The van der Waals surface area contributed by atoms with Crippen molar-refractivity contribution >= 4 is 0 Å². The van der Waals surface area contributed by atoms with Crippen molar-refractivity contribution < 1.29 is 0 Å². The molecule has 2 heterocycles. The lowest BCUT2D eigenvalue weighted by atomic mass is 10.1. The minimum absolute atomic E-state index is 0.405. The van der Waals surface area contributed by atoms with Gasteiger partial charge < -0.3 is 9.80 Å². The molecule has 0 saturated carbocycles. The van der Waals surface area contributed by atoms with Crippen molar-refractivity contribution in [3.63, 3.8) is 0 Å². The highest BCUT2D eigenvalue weighted by molar-refractivity contribution is 5.23. The molecule has 13 heavy (non-hydrogen) atoms. The third kappa shape index (κ3) is 1.26. The van der Waals surface area contributed by atoms with Gasteiger partial charge in [0, 0.05) is 25.1 Å². The number of nitrogens with zero attached hydrogens (tertiary/aromatic N) is 2. The van der Waals surface area contributed by atoms with Gasteiger partial charge in [0.15, 0.2) is 0 Å². The van der Waals surface area contributed by atoms with E-state index in [0.717, 1.165) is 0 Å². The predicted octanol–water partition coefficient (Wildman–Crippen LogP) is 2.14. The van der Waals surface area contributed by atoms with E-state index in [1.54, 1.807) is 0 Å². The van der Waals surface area contributed by atoms with E-state index < -0.39 is 0 Å². The van der Waals surface area contributed by atoms with Crippen LogP contribution in [0.15, 0.2) is 36.3 Å². The van der Waals surface area contributed by atoms with Crippen LogP contribution in [-0.4, -0.2) is 23.0 Å². The third-order valence-electron chi connectivity index (χ3n) is 2.63. The van der Waals surface area contributed by atoms with Crippen LogP contribution in [0.2, 0.25) is 0 Å². The van der Waals surface area contributed by atoms with E-state index in [9.17, 15) is 0 Å². The van der Waals surface area contributed by atoms with Gasteiger partial charge in [-0.2, -0.15) is 0 Å². The molecule has 0 radical (unpaired) electrons. The normalized spacial score (nSPS) is 25.5. The van der Waals surface area contributed by atoms with Crippen LogP contribution in [0.25, 0.3) is 0 Å². The van der Waals surface area contributed by atoms with E-state index in [1.165, 1.54) is 5.70 Å². The Balaban J connectivity index is 2.26. The molecule has 1 atom stereocenters.